The minimum atomic E-state index is 1.09. The predicted molar refractivity (Wildman–Crippen MR) is 235 cm³/mol. The molecule has 0 atom stereocenters. The highest BCUT2D eigenvalue weighted by molar-refractivity contribution is 6.14. The van der Waals surface area contributed by atoms with Crippen molar-refractivity contribution in [1.82, 2.24) is 0 Å². The summed E-state index contributed by atoms with van der Waals surface area (Å²) in [5.41, 5.74) is 12.8. The number of fused-ring (bicyclic) bond motifs is 4. The zero-order valence-electron chi connectivity index (χ0n) is 30.3. The topological polar surface area (TPSA) is 3.24 Å². The smallest absolute Gasteiger partial charge is 0.0546 e. The van der Waals surface area contributed by atoms with Gasteiger partial charge in [-0.2, -0.15) is 0 Å². The molecule has 0 N–H and O–H groups in total. The highest BCUT2D eigenvalue weighted by atomic mass is 15.1. The summed E-state index contributed by atoms with van der Waals surface area (Å²) >= 11 is 0. The van der Waals surface area contributed by atoms with E-state index in [1.807, 2.05) is 0 Å². The Morgan fingerprint density at radius 3 is 1.42 bits per heavy atom. The van der Waals surface area contributed by atoms with Gasteiger partial charge in [-0.1, -0.05) is 182 Å². The highest BCUT2D eigenvalue weighted by Crippen LogP contribution is 2.45. The molecule has 0 spiro atoms. The van der Waals surface area contributed by atoms with E-state index in [4.69, 9.17) is 0 Å². The third kappa shape index (κ3) is 6.12. The van der Waals surface area contributed by atoms with Crippen molar-refractivity contribution in [3.63, 3.8) is 0 Å². The van der Waals surface area contributed by atoms with E-state index in [0.717, 1.165) is 17.1 Å². The second kappa shape index (κ2) is 14.0. The van der Waals surface area contributed by atoms with Crippen LogP contribution in [0.5, 0.6) is 0 Å². The lowest BCUT2D eigenvalue weighted by Crippen LogP contribution is -2.11. The summed E-state index contributed by atoms with van der Waals surface area (Å²) in [6.45, 7) is 0. The summed E-state index contributed by atoms with van der Waals surface area (Å²) in [4.78, 5) is 2.42. The molecule has 0 unspecified atom stereocenters. The van der Waals surface area contributed by atoms with Crippen molar-refractivity contribution in [3.8, 4) is 44.5 Å². The SMILES string of the molecule is c1ccc(-c2ccc(N(c3ccc(-c4ccc5ccccc5c4)cc3)c3cc(-c4cc5ccccc5c5ccccc45)ccc3-c3ccccc3)cc2)cc1. The highest BCUT2D eigenvalue weighted by Gasteiger charge is 2.20. The first-order chi connectivity index (χ1) is 27.3. The van der Waals surface area contributed by atoms with Crippen LogP contribution in [-0.4, -0.2) is 0 Å². The first-order valence-electron chi connectivity index (χ1n) is 18.9. The molecule has 0 amide bonds. The van der Waals surface area contributed by atoms with Crippen molar-refractivity contribution < 1.29 is 0 Å². The van der Waals surface area contributed by atoms with Crippen LogP contribution in [0.15, 0.2) is 224 Å². The van der Waals surface area contributed by atoms with Crippen molar-refractivity contribution in [1.29, 1.82) is 0 Å². The van der Waals surface area contributed by atoms with Gasteiger partial charge in [-0.25, -0.2) is 0 Å². The summed E-state index contributed by atoms with van der Waals surface area (Å²) in [5, 5.41) is 7.52. The Morgan fingerprint density at radius 1 is 0.236 bits per heavy atom. The number of nitrogens with zero attached hydrogens (tertiary/aromatic N) is 1. The van der Waals surface area contributed by atoms with Gasteiger partial charge in [0.1, 0.15) is 0 Å². The molecule has 258 valence electrons. The third-order valence-electron chi connectivity index (χ3n) is 10.8. The molecule has 10 aromatic rings. The zero-order valence-corrected chi connectivity index (χ0v) is 30.3. The van der Waals surface area contributed by atoms with Crippen LogP contribution in [-0.2, 0) is 0 Å². The predicted octanol–water partition coefficient (Wildman–Crippen LogP) is 15.3. The number of benzene rings is 10. The van der Waals surface area contributed by atoms with Crippen LogP contribution in [0, 0.1) is 0 Å². The van der Waals surface area contributed by atoms with Crippen LogP contribution in [0.2, 0.25) is 0 Å². The number of anilines is 3. The van der Waals surface area contributed by atoms with E-state index >= 15 is 0 Å². The fraction of sp³-hybridized carbons (Fsp3) is 0. The van der Waals surface area contributed by atoms with Crippen molar-refractivity contribution in [2.24, 2.45) is 0 Å². The Bertz CT molecular complexity index is 2950. The van der Waals surface area contributed by atoms with Crippen LogP contribution in [0.3, 0.4) is 0 Å². The van der Waals surface area contributed by atoms with E-state index in [-0.39, 0.29) is 0 Å². The molecule has 0 saturated heterocycles. The van der Waals surface area contributed by atoms with Gasteiger partial charge in [0.25, 0.3) is 0 Å². The molecule has 0 bridgehead atoms. The second-order valence-corrected chi connectivity index (χ2v) is 14.1. The number of hydrogen-bond acceptors (Lipinski definition) is 1. The van der Waals surface area contributed by atoms with Crippen molar-refractivity contribution in [2.75, 3.05) is 4.90 Å². The molecule has 10 aromatic carbocycles. The van der Waals surface area contributed by atoms with Crippen LogP contribution in [0.25, 0.3) is 76.8 Å². The number of hydrogen-bond donors (Lipinski definition) is 0. The minimum absolute atomic E-state index is 1.09. The van der Waals surface area contributed by atoms with Gasteiger partial charge in [-0.3, -0.25) is 0 Å². The van der Waals surface area contributed by atoms with E-state index in [2.05, 4.69) is 229 Å². The largest absolute Gasteiger partial charge is 0.310 e. The van der Waals surface area contributed by atoms with E-state index in [1.165, 1.54) is 76.8 Å². The normalized spacial score (nSPS) is 11.3. The maximum Gasteiger partial charge on any atom is 0.0546 e. The molecule has 55 heavy (non-hydrogen) atoms. The third-order valence-corrected chi connectivity index (χ3v) is 10.8. The molecule has 0 aliphatic rings. The molecule has 1 heteroatoms. The van der Waals surface area contributed by atoms with Gasteiger partial charge in [-0.15, -0.1) is 0 Å². The van der Waals surface area contributed by atoms with Gasteiger partial charge in [0, 0.05) is 16.9 Å². The van der Waals surface area contributed by atoms with E-state index in [9.17, 15) is 0 Å². The van der Waals surface area contributed by atoms with Crippen LogP contribution in [0.4, 0.5) is 17.1 Å². The summed E-state index contributed by atoms with van der Waals surface area (Å²) in [6, 6.07) is 81.6. The summed E-state index contributed by atoms with van der Waals surface area (Å²) in [6.07, 6.45) is 0. The van der Waals surface area contributed by atoms with E-state index in [0.29, 0.717) is 0 Å². The molecule has 0 radical (unpaired) electrons. The molecule has 0 heterocycles. The Labute approximate surface area is 322 Å². The average molecular weight is 700 g/mol. The second-order valence-electron chi connectivity index (χ2n) is 14.1. The maximum atomic E-state index is 2.42. The van der Waals surface area contributed by atoms with Gasteiger partial charge in [0.2, 0.25) is 0 Å². The van der Waals surface area contributed by atoms with Crippen molar-refractivity contribution in [3.05, 3.63) is 224 Å². The maximum absolute atomic E-state index is 2.42. The first kappa shape index (κ1) is 32.4. The van der Waals surface area contributed by atoms with E-state index in [1.54, 1.807) is 0 Å². The first-order valence-corrected chi connectivity index (χ1v) is 18.9. The van der Waals surface area contributed by atoms with Gasteiger partial charge >= 0.3 is 0 Å². The lowest BCUT2D eigenvalue weighted by atomic mass is 9.91. The molecule has 0 aromatic heterocycles. The van der Waals surface area contributed by atoms with Crippen molar-refractivity contribution in [2.45, 2.75) is 0 Å². The Balaban J connectivity index is 1.18. The summed E-state index contributed by atoms with van der Waals surface area (Å²) in [5.74, 6) is 0. The summed E-state index contributed by atoms with van der Waals surface area (Å²) < 4.78 is 0. The van der Waals surface area contributed by atoms with Crippen LogP contribution >= 0.6 is 0 Å². The molecule has 0 fully saturated rings. The fourth-order valence-electron chi connectivity index (χ4n) is 8.07. The quantitative estimate of drug-likeness (QED) is 0.150. The minimum Gasteiger partial charge on any atom is -0.310 e. The molecule has 1 nitrogen and oxygen atoms in total. The van der Waals surface area contributed by atoms with Crippen LogP contribution < -0.4 is 4.90 Å². The van der Waals surface area contributed by atoms with Gasteiger partial charge in [0.05, 0.1) is 5.69 Å². The average Bonchev–Trinajstić information content (AvgIpc) is 3.27. The molecule has 0 aliphatic carbocycles. The van der Waals surface area contributed by atoms with Crippen molar-refractivity contribution >= 4 is 49.4 Å². The molecular weight excluding hydrogens is 663 g/mol. The Morgan fingerprint density at radius 2 is 0.727 bits per heavy atom. The zero-order chi connectivity index (χ0) is 36.6. The lowest BCUT2D eigenvalue weighted by molar-refractivity contribution is 1.28. The van der Waals surface area contributed by atoms with Gasteiger partial charge < -0.3 is 4.90 Å². The number of rotatable bonds is 7. The lowest BCUT2D eigenvalue weighted by Gasteiger charge is -2.29. The van der Waals surface area contributed by atoms with E-state index < -0.39 is 0 Å². The molecular formula is C54H37N. The standard InChI is InChI=1S/C54H37N/c1-3-13-38(14-4-1)40-25-30-47(31-26-40)55(48-32-27-41(28-33-48)44-24-23-39-15-7-8-18-43(39)35-44)54-37-46(29-34-50(54)42-16-5-2-6-17-42)53-36-45-19-9-10-20-49(45)51-21-11-12-22-52(51)53/h1-37H. The van der Waals surface area contributed by atoms with Gasteiger partial charge in [0.15, 0.2) is 0 Å². The van der Waals surface area contributed by atoms with Gasteiger partial charge in [-0.05, 0) is 114 Å². The monoisotopic (exact) mass is 699 g/mol. The molecule has 0 aliphatic heterocycles. The summed E-state index contributed by atoms with van der Waals surface area (Å²) in [7, 11) is 0. The Hall–Kier alpha value is -7.22. The Kier molecular flexibility index (Phi) is 8.24. The molecule has 10 rings (SSSR count). The molecule has 0 saturated carbocycles. The fourth-order valence-corrected chi connectivity index (χ4v) is 8.07. The van der Waals surface area contributed by atoms with Crippen LogP contribution in [0.1, 0.15) is 0 Å².